The van der Waals surface area contributed by atoms with E-state index >= 15 is 0 Å². The first-order valence-corrected chi connectivity index (χ1v) is 6.95. The molecule has 2 rings (SSSR count). The highest BCUT2D eigenvalue weighted by Gasteiger charge is 2.32. The Balaban J connectivity index is 2.06. The van der Waals surface area contributed by atoms with Crippen LogP contribution in [-0.4, -0.2) is 31.9 Å². The molecule has 2 aromatic heterocycles. The van der Waals surface area contributed by atoms with Crippen LogP contribution in [0.4, 0.5) is 13.2 Å². The molecule has 0 aliphatic heterocycles. The molecule has 0 aliphatic rings. The summed E-state index contributed by atoms with van der Waals surface area (Å²) in [5.74, 6) is -0.399. The van der Waals surface area contributed by atoms with E-state index in [1.165, 1.54) is 17.2 Å². The Morgan fingerprint density at radius 2 is 1.91 bits per heavy atom. The first kappa shape index (κ1) is 16.9. The van der Waals surface area contributed by atoms with E-state index in [1.807, 2.05) is 13.8 Å². The second-order valence-corrected chi connectivity index (χ2v) is 5.34. The van der Waals surface area contributed by atoms with Crippen LogP contribution in [0.15, 0.2) is 30.7 Å². The van der Waals surface area contributed by atoms with E-state index in [9.17, 15) is 18.0 Å². The maximum Gasteiger partial charge on any atom is 0.433 e. The minimum absolute atomic E-state index is 0.0667. The van der Waals surface area contributed by atoms with Crippen molar-refractivity contribution in [2.24, 2.45) is 5.92 Å². The van der Waals surface area contributed by atoms with Gasteiger partial charge in [0.25, 0.3) is 5.91 Å². The third-order valence-corrected chi connectivity index (χ3v) is 3.26. The van der Waals surface area contributed by atoms with Gasteiger partial charge in [0.15, 0.2) is 0 Å². The lowest BCUT2D eigenvalue weighted by Crippen LogP contribution is -2.42. The SMILES string of the molecule is CC(C)[C@@H](Cn1nccn1)NC(=O)c1ccc(C(F)(F)F)nc1. The highest BCUT2D eigenvalue weighted by Crippen LogP contribution is 2.27. The van der Waals surface area contributed by atoms with Crippen LogP contribution in [0.25, 0.3) is 0 Å². The van der Waals surface area contributed by atoms with Crippen LogP contribution in [-0.2, 0) is 12.7 Å². The number of nitrogens with zero attached hydrogens (tertiary/aromatic N) is 4. The number of carbonyl (C=O) groups excluding carboxylic acids is 1. The number of hydrogen-bond donors (Lipinski definition) is 1. The molecule has 2 aromatic rings. The molecule has 1 N–H and O–H groups in total. The molecule has 0 fully saturated rings. The standard InChI is InChI=1S/C14H16F3N5O/c1-9(2)11(8-22-19-5-6-20-22)21-13(23)10-3-4-12(18-7-10)14(15,16)17/h3-7,9,11H,8H2,1-2H3,(H,21,23)/t11-/m1/s1. The molecular weight excluding hydrogens is 311 g/mol. The third-order valence-electron chi connectivity index (χ3n) is 3.26. The van der Waals surface area contributed by atoms with Crippen molar-refractivity contribution in [2.75, 3.05) is 0 Å². The molecule has 2 heterocycles. The lowest BCUT2D eigenvalue weighted by Gasteiger charge is -2.21. The zero-order valence-corrected chi connectivity index (χ0v) is 12.6. The first-order valence-electron chi connectivity index (χ1n) is 6.95. The van der Waals surface area contributed by atoms with Gasteiger partial charge in [0, 0.05) is 6.20 Å². The Bertz CT molecular complexity index is 637. The number of hydrogen-bond acceptors (Lipinski definition) is 4. The molecule has 0 saturated heterocycles. The van der Waals surface area contributed by atoms with Gasteiger partial charge in [-0.2, -0.15) is 28.2 Å². The summed E-state index contributed by atoms with van der Waals surface area (Å²) in [7, 11) is 0. The van der Waals surface area contributed by atoms with Gasteiger partial charge < -0.3 is 5.32 Å². The molecule has 1 amide bonds. The van der Waals surface area contributed by atoms with E-state index in [1.54, 1.807) is 0 Å². The summed E-state index contributed by atoms with van der Waals surface area (Å²) in [4.78, 5) is 16.9. The van der Waals surface area contributed by atoms with Crippen molar-refractivity contribution >= 4 is 5.91 Å². The maximum absolute atomic E-state index is 12.5. The number of pyridine rings is 1. The van der Waals surface area contributed by atoms with E-state index < -0.39 is 17.8 Å². The molecule has 23 heavy (non-hydrogen) atoms. The predicted molar refractivity (Wildman–Crippen MR) is 75.4 cm³/mol. The minimum atomic E-state index is -4.53. The van der Waals surface area contributed by atoms with Gasteiger partial charge in [-0.3, -0.25) is 9.78 Å². The minimum Gasteiger partial charge on any atom is -0.347 e. The number of aromatic nitrogens is 4. The van der Waals surface area contributed by atoms with Crippen LogP contribution >= 0.6 is 0 Å². The molecule has 0 unspecified atom stereocenters. The average molecular weight is 327 g/mol. The van der Waals surface area contributed by atoms with E-state index in [-0.39, 0.29) is 17.5 Å². The molecule has 9 heteroatoms. The van der Waals surface area contributed by atoms with Crippen molar-refractivity contribution in [3.63, 3.8) is 0 Å². The van der Waals surface area contributed by atoms with Crippen LogP contribution < -0.4 is 5.32 Å². The second kappa shape index (κ2) is 6.76. The van der Waals surface area contributed by atoms with Crippen molar-refractivity contribution in [3.8, 4) is 0 Å². The molecular formula is C14H16F3N5O. The van der Waals surface area contributed by atoms with Gasteiger partial charge >= 0.3 is 6.18 Å². The van der Waals surface area contributed by atoms with Crippen molar-refractivity contribution in [2.45, 2.75) is 32.6 Å². The predicted octanol–water partition coefficient (Wildman–Crippen LogP) is 2.15. The summed E-state index contributed by atoms with van der Waals surface area (Å²) in [6.07, 6.45) is -0.555. The molecule has 124 valence electrons. The van der Waals surface area contributed by atoms with Crippen molar-refractivity contribution in [1.82, 2.24) is 25.3 Å². The third kappa shape index (κ3) is 4.51. The van der Waals surface area contributed by atoms with Crippen molar-refractivity contribution in [1.29, 1.82) is 0 Å². The molecule has 0 aliphatic carbocycles. The van der Waals surface area contributed by atoms with E-state index in [4.69, 9.17) is 0 Å². The molecule has 0 spiro atoms. The van der Waals surface area contributed by atoms with Gasteiger partial charge in [-0.25, -0.2) is 0 Å². The smallest absolute Gasteiger partial charge is 0.347 e. The van der Waals surface area contributed by atoms with E-state index in [0.717, 1.165) is 18.3 Å². The van der Waals surface area contributed by atoms with Crippen molar-refractivity contribution < 1.29 is 18.0 Å². The fourth-order valence-corrected chi connectivity index (χ4v) is 1.88. The second-order valence-electron chi connectivity index (χ2n) is 5.34. The normalized spacial score (nSPS) is 13.1. The summed E-state index contributed by atoms with van der Waals surface area (Å²) in [6, 6.07) is 1.63. The lowest BCUT2D eigenvalue weighted by molar-refractivity contribution is -0.141. The zero-order chi connectivity index (χ0) is 17.0. The fourth-order valence-electron chi connectivity index (χ4n) is 1.88. The highest BCUT2D eigenvalue weighted by atomic mass is 19.4. The molecule has 0 radical (unpaired) electrons. The zero-order valence-electron chi connectivity index (χ0n) is 12.6. The van der Waals surface area contributed by atoms with E-state index in [0.29, 0.717) is 6.54 Å². The highest BCUT2D eigenvalue weighted by molar-refractivity contribution is 5.94. The topological polar surface area (TPSA) is 72.7 Å². The number of nitrogens with one attached hydrogen (secondary N) is 1. The van der Waals surface area contributed by atoms with Gasteiger partial charge in [-0.15, -0.1) is 0 Å². The van der Waals surface area contributed by atoms with E-state index in [2.05, 4.69) is 20.5 Å². The summed E-state index contributed by atoms with van der Waals surface area (Å²) in [5, 5.41) is 10.7. The lowest BCUT2D eigenvalue weighted by atomic mass is 10.0. The first-order chi connectivity index (χ1) is 10.8. The monoisotopic (exact) mass is 327 g/mol. The number of carbonyl (C=O) groups is 1. The van der Waals surface area contributed by atoms with Gasteiger partial charge in [0.1, 0.15) is 5.69 Å². The molecule has 0 bridgehead atoms. The van der Waals surface area contributed by atoms with Gasteiger partial charge in [-0.05, 0) is 18.1 Å². The quantitative estimate of drug-likeness (QED) is 0.913. The number of rotatable bonds is 5. The Kier molecular flexibility index (Phi) is 4.97. The average Bonchev–Trinajstić information content (AvgIpc) is 2.98. The number of amides is 1. The molecule has 6 nitrogen and oxygen atoms in total. The maximum atomic E-state index is 12.5. The summed E-state index contributed by atoms with van der Waals surface area (Å²) in [6.45, 7) is 4.20. The van der Waals surface area contributed by atoms with Gasteiger partial charge in [-0.1, -0.05) is 13.8 Å². The van der Waals surface area contributed by atoms with Crippen LogP contribution in [0, 0.1) is 5.92 Å². The summed E-state index contributed by atoms with van der Waals surface area (Å²) in [5.41, 5.74) is -0.965. The fraction of sp³-hybridized carbons (Fsp3) is 0.429. The van der Waals surface area contributed by atoms with Crippen LogP contribution in [0.3, 0.4) is 0 Å². The van der Waals surface area contributed by atoms with Crippen LogP contribution in [0.1, 0.15) is 29.9 Å². The summed E-state index contributed by atoms with van der Waals surface area (Å²) >= 11 is 0. The number of alkyl halides is 3. The van der Waals surface area contributed by atoms with Crippen molar-refractivity contribution in [3.05, 3.63) is 42.0 Å². The largest absolute Gasteiger partial charge is 0.433 e. The van der Waals surface area contributed by atoms with Crippen LogP contribution in [0.2, 0.25) is 0 Å². The molecule has 0 saturated carbocycles. The Hall–Kier alpha value is -2.45. The Morgan fingerprint density at radius 3 is 2.39 bits per heavy atom. The summed E-state index contributed by atoms with van der Waals surface area (Å²) < 4.78 is 37.4. The Morgan fingerprint density at radius 1 is 1.26 bits per heavy atom. The molecule has 1 atom stereocenters. The molecule has 0 aromatic carbocycles. The Labute approximate surface area is 130 Å². The van der Waals surface area contributed by atoms with Crippen LogP contribution in [0.5, 0.6) is 0 Å². The van der Waals surface area contributed by atoms with Gasteiger partial charge in [0.2, 0.25) is 0 Å². The number of halogens is 3. The van der Waals surface area contributed by atoms with Gasteiger partial charge in [0.05, 0.1) is 30.5 Å².